The van der Waals surface area contributed by atoms with Gasteiger partial charge in [0.1, 0.15) is 23.1 Å². The van der Waals surface area contributed by atoms with Gasteiger partial charge in [0.15, 0.2) is 6.23 Å². The molecule has 1 aliphatic rings. The quantitative estimate of drug-likeness (QED) is 0.197. The van der Waals surface area contributed by atoms with E-state index in [9.17, 15) is 29.8 Å². The molecule has 0 fully saturated rings. The second kappa shape index (κ2) is 12.7. The summed E-state index contributed by atoms with van der Waals surface area (Å²) in [4.78, 5) is 49.2. The summed E-state index contributed by atoms with van der Waals surface area (Å²) in [6, 6.07) is 17.7. The van der Waals surface area contributed by atoms with E-state index in [-0.39, 0.29) is 22.6 Å². The lowest BCUT2D eigenvalue weighted by Gasteiger charge is -2.41. The molecule has 13 heteroatoms. The van der Waals surface area contributed by atoms with Gasteiger partial charge < -0.3 is 23.8 Å². The fraction of sp³-hybridized carbons (Fsp3) is 0.172. The van der Waals surface area contributed by atoms with Crippen molar-refractivity contribution in [2.45, 2.75) is 12.3 Å². The van der Waals surface area contributed by atoms with Crippen LogP contribution in [-0.2, 0) is 23.8 Å². The van der Waals surface area contributed by atoms with Crippen LogP contribution in [0.4, 0.5) is 17.1 Å². The maximum Gasteiger partial charge on any atom is 0.355 e. The standard InChI is InChI=1S/C29H25N3O10/c1-39-23-15-13-20(14-16-23)30-24(17-6-18-4-9-21(10-5-18)31(35)36)42-27(19-7-11-22(12-8-19)32(37)38)25(28(33)40-2)26(30)29(34)41-3/h4-17,24,27H,1-3H3/b17-6+/t24-,27-/m0/s1. The maximum atomic E-state index is 13.4. The molecule has 0 spiro atoms. The minimum atomic E-state index is -1.20. The van der Waals surface area contributed by atoms with Crippen molar-refractivity contribution in [3.63, 3.8) is 0 Å². The molecule has 42 heavy (non-hydrogen) atoms. The Morgan fingerprint density at radius 1 is 0.810 bits per heavy atom. The van der Waals surface area contributed by atoms with Crippen molar-refractivity contribution in [2.75, 3.05) is 26.2 Å². The number of methoxy groups -OCH3 is 3. The number of esters is 2. The van der Waals surface area contributed by atoms with Gasteiger partial charge in [0, 0.05) is 30.0 Å². The molecule has 3 aromatic carbocycles. The number of hydrogen-bond acceptors (Lipinski definition) is 11. The van der Waals surface area contributed by atoms with Gasteiger partial charge in [-0.05, 0) is 65.7 Å². The van der Waals surface area contributed by atoms with Crippen LogP contribution < -0.4 is 9.64 Å². The number of non-ortho nitro benzene ring substituents is 2. The Balaban J connectivity index is 1.92. The molecule has 0 aromatic heterocycles. The second-order valence-electron chi connectivity index (χ2n) is 8.78. The normalized spacial score (nSPS) is 16.7. The average molecular weight is 576 g/mol. The molecular formula is C29H25N3O10. The highest BCUT2D eigenvalue weighted by Crippen LogP contribution is 2.41. The number of nitrogens with zero attached hydrogens (tertiary/aromatic N) is 3. The van der Waals surface area contributed by atoms with E-state index >= 15 is 0 Å². The third kappa shape index (κ3) is 6.10. The van der Waals surface area contributed by atoms with Gasteiger partial charge in [0.25, 0.3) is 11.4 Å². The van der Waals surface area contributed by atoms with E-state index in [1.807, 2.05) is 0 Å². The number of nitro benzene ring substituents is 2. The molecule has 0 radical (unpaired) electrons. The third-order valence-electron chi connectivity index (χ3n) is 6.39. The molecule has 0 unspecified atom stereocenters. The molecule has 0 saturated heterocycles. The Bertz CT molecular complexity index is 1550. The molecule has 3 aromatic rings. The van der Waals surface area contributed by atoms with Crippen molar-refractivity contribution in [3.05, 3.63) is 121 Å². The maximum absolute atomic E-state index is 13.4. The second-order valence-corrected chi connectivity index (χ2v) is 8.78. The first-order chi connectivity index (χ1) is 20.2. The van der Waals surface area contributed by atoms with E-state index in [0.717, 1.165) is 14.2 Å². The van der Waals surface area contributed by atoms with Crippen molar-refractivity contribution in [1.29, 1.82) is 0 Å². The van der Waals surface area contributed by atoms with E-state index < -0.39 is 34.1 Å². The van der Waals surface area contributed by atoms with Crippen molar-refractivity contribution >= 4 is 35.1 Å². The van der Waals surface area contributed by atoms with Gasteiger partial charge in [0.2, 0.25) is 0 Å². The van der Waals surface area contributed by atoms with Crippen LogP contribution in [0.5, 0.6) is 5.75 Å². The first kappa shape index (κ1) is 29.4. The van der Waals surface area contributed by atoms with Crippen LogP contribution in [0.25, 0.3) is 6.08 Å². The Labute approximate surface area is 239 Å². The highest BCUT2D eigenvalue weighted by molar-refractivity contribution is 6.04. The number of benzene rings is 3. The van der Waals surface area contributed by atoms with Crippen LogP contribution in [-0.4, -0.2) is 49.3 Å². The predicted molar refractivity (Wildman–Crippen MR) is 149 cm³/mol. The largest absolute Gasteiger partial charge is 0.497 e. The number of carbonyl (C=O) groups is 2. The lowest BCUT2D eigenvalue weighted by Crippen LogP contribution is -2.46. The van der Waals surface area contributed by atoms with E-state index in [1.165, 1.54) is 48.4 Å². The molecule has 1 heterocycles. The van der Waals surface area contributed by atoms with Crippen LogP contribution >= 0.6 is 0 Å². The van der Waals surface area contributed by atoms with Crippen molar-refractivity contribution in [3.8, 4) is 5.75 Å². The minimum absolute atomic E-state index is 0.0854. The number of hydrogen-bond donors (Lipinski definition) is 0. The Kier molecular flexibility index (Phi) is 8.93. The molecule has 0 amide bonds. The van der Waals surface area contributed by atoms with Gasteiger partial charge in [-0.3, -0.25) is 20.2 Å². The molecule has 216 valence electrons. The van der Waals surface area contributed by atoms with Crippen LogP contribution in [0.2, 0.25) is 0 Å². The van der Waals surface area contributed by atoms with Crippen molar-refractivity contribution < 1.29 is 38.4 Å². The highest BCUT2D eigenvalue weighted by atomic mass is 16.6. The molecule has 0 aliphatic carbocycles. The first-order valence-corrected chi connectivity index (χ1v) is 12.3. The molecule has 0 saturated carbocycles. The van der Waals surface area contributed by atoms with Crippen LogP contribution in [0.3, 0.4) is 0 Å². The summed E-state index contributed by atoms with van der Waals surface area (Å²) >= 11 is 0. The van der Waals surface area contributed by atoms with Gasteiger partial charge >= 0.3 is 11.9 Å². The number of ether oxygens (including phenoxy) is 4. The summed E-state index contributed by atoms with van der Waals surface area (Å²) in [5, 5.41) is 22.3. The average Bonchev–Trinajstić information content (AvgIpc) is 3.02. The van der Waals surface area contributed by atoms with Crippen LogP contribution in [0.15, 0.2) is 90.1 Å². The zero-order valence-electron chi connectivity index (χ0n) is 22.7. The molecule has 0 N–H and O–H groups in total. The highest BCUT2D eigenvalue weighted by Gasteiger charge is 2.43. The predicted octanol–water partition coefficient (Wildman–Crippen LogP) is 4.73. The molecular weight excluding hydrogens is 550 g/mol. The molecule has 13 nitrogen and oxygen atoms in total. The zero-order chi connectivity index (χ0) is 30.4. The summed E-state index contributed by atoms with van der Waals surface area (Å²) in [6.07, 6.45) is 0.987. The molecule has 4 rings (SSSR count). The zero-order valence-corrected chi connectivity index (χ0v) is 22.7. The number of nitro groups is 2. The number of carbonyl (C=O) groups excluding carboxylic acids is 2. The Morgan fingerprint density at radius 3 is 1.86 bits per heavy atom. The number of anilines is 1. The van der Waals surface area contributed by atoms with E-state index in [4.69, 9.17) is 18.9 Å². The van der Waals surface area contributed by atoms with Gasteiger partial charge in [-0.1, -0.05) is 6.08 Å². The molecule has 2 atom stereocenters. The summed E-state index contributed by atoms with van der Waals surface area (Å²) in [5.74, 6) is -1.21. The summed E-state index contributed by atoms with van der Waals surface area (Å²) in [7, 11) is 3.81. The van der Waals surface area contributed by atoms with Gasteiger partial charge in [0.05, 0.1) is 31.2 Å². The Morgan fingerprint density at radius 2 is 1.36 bits per heavy atom. The smallest absolute Gasteiger partial charge is 0.355 e. The monoisotopic (exact) mass is 575 g/mol. The van der Waals surface area contributed by atoms with E-state index in [2.05, 4.69) is 0 Å². The Hall–Kier alpha value is -5.56. The third-order valence-corrected chi connectivity index (χ3v) is 6.39. The fourth-order valence-corrected chi connectivity index (χ4v) is 4.34. The van der Waals surface area contributed by atoms with E-state index in [1.54, 1.807) is 48.6 Å². The molecule has 1 aliphatic heterocycles. The van der Waals surface area contributed by atoms with E-state index in [0.29, 0.717) is 22.6 Å². The molecule has 0 bridgehead atoms. The summed E-state index contributed by atoms with van der Waals surface area (Å²) < 4.78 is 21.8. The van der Waals surface area contributed by atoms with Crippen LogP contribution in [0, 0.1) is 20.2 Å². The first-order valence-electron chi connectivity index (χ1n) is 12.3. The minimum Gasteiger partial charge on any atom is -0.497 e. The lowest BCUT2D eigenvalue weighted by molar-refractivity contribution is -0.385. The number of rotatable bonds is 9. The van der Waals surface area contributed by atoms with Gasteiger partial charge in [-0.25, -0.2) is 9.59 Å². The van der Waals surface area contributed by atoms with Crippen molar-refractivity contribution in [2.24, 2.45) is 0 Å². The SMILES string of the molecule is COC(=O)C1=C(C(=O)OC)N(c2ccc(OC)cc2)[C@H](/C=C/c2ccc([N+](=O)[O-])cc2)O[C@H]1c1ccc([N+](=O)[O-])cc1. The van der Waals surface area contributed by atoms with Crippen molar-refractivity contribution in [1.82, 2.24) is 0 Å². The van der Waals surface area contributed by atoms with Gasteiger partial charge in [-0.2, -0.15) is 0 Å². The summed E-state index contributed by atoms with van der Waals surface area (Å²) in [6.45, 7) is 0. The lowest BCUT2D eigenvalue weighted by atomic mass is 9.95. The van der Waals surface area contributed by atoms with Crippen LogP contribution in [0.1, 0.15) is 17.2 Å². The topological polar surface area (TPSA) is 161 Å². The van der Waals surface area contributed by atoms with Gasteiger partial charge in [-0.15, -0.1) is 0 Å². The fourth-order valence-electron chi connectivity index (χ4n) is 4.34. The summed E-state index contributed by atoms with van der Waals surface area (Å²) in [5.41, 5.74) is 0.729.